The van der Waals surface area contributed by atoms with E-state index in [0.29, 0.717) is 0 Å². The van der Waals surface area contributed by atoms with Crippen LogP contribution in [0.5, 0.6) is 0 Å². The summed E-state index contributed by atoms with van der Waals surface area (Å²) in [7, 11) is -0.621. The van der Waals surface area contributed by atoms with Crippen molar-refractivity contribution < 1.29 is 0 Å². The molecule has 1 rings (SSSR count). The average Bonchev–Trinajstić information content (AvgIpc) is 2.48. The van der Waals surface area contributed by atoms with E-state index in [9.17, 15) is 0 Å². The van der Waals surface area contributed by atoms with Crippen LogP contribution in [0.3, 0.4) is 0 Å². The van der Waals surface area contributed by atoms with Crippen LogP contribution in [0.1, 0.15) is 91.4 Å². The van der Waals surface area contributed by atoms with Gasteiger partial charge in [0, 0.05) is 7.26 Å². The highest BCUT2D eigenvalue weighted by Gasteiger charge is 2.43. The molecule has 1 fully saturated rings. The quantitative estimate of drug-likeness (QED) is 0.390. The smallest absolute Gasteiger partial charge is 0.0652 e. The van der Waals surface area contributed by atoms with Crippen molar-refractivity contribution in [2.75, 3.05) is 18.5 Å². The summed E-state index contributed by atoms with van der Waals surface area (Å²) in [5, 5.41) is 0. The molecule has 1 aliphatic rings. The van der Waals surface area contributed by atoms with Crippen LogP contribution in [0, 0.1) is 0 Å². The third-order valence-corrected chi connectivity index (χ3v) is 10.9. The summed E-state index contributed by atoms with van der Waals surface area (Å²) in [6, 6.07) is 0. The Hall–Kier alpha value is 0.430. The van der Waals surface area contributed by atoms with Crippen molar-refractivity contribution in [3.05, 3.63) is 0 Å². The van der Waals surface area contributed by atoms with Crippen LogP contribution < -0.4 is 0 Å². The molecule has 0 bridgehead atoms. The first-order chi connectivity index (χ1) is 9.29. The van der Waals surface area contributed by atoms with Gasteiger partial charge in [-0.05, 0) is 44.9 Å². The van der Waals surface area contributed by atoms with E-state index in [2.05, 4.69) is 20.8 Å². The maximum Gasteiger partial charge on any atom is 0.0697 e. The van der Waals surface area contributed by atoms with Crippen molar-refractivity contribution in [3.8, 4) is 0 Å². The van der Waals surface area contributed by atoms with Gasteiger partial charge in [0.2, 0.25) is 0 Å². The van der Waals surface area contributed by atoms with Gasteiger partial charge in [-0.1, -0.05) is 46.5 Å². The summed E-state index contributed by atoms with van der Waals surface area (Å²) in [6.07, 6.45) is 21.4. The molecule has 0 atom stereocenters. The molecule has 0 unspecified atom stereocenters. The molecular formula is C18H38P+. The summed E-state index contributed by atoms with van der Waals surface area (Å²) in [4.78, 5) is 0. The Labute approximate surface area is 123 Å². The molecule has 1 heteroatoms. The predicted molar refractivity (Wildman–Crippen MR) is 93.1 cm³/mol. The molecule has 0 aromatic heterocycles. The largest absolute Gasteiger partial charge is 0.0697 e. The molecule has 0 N–H and O–H groups in total. The SMILES string of the molecule is CCCC[P+](CCCC)(CCCC)C1CCCCC1. The minimum atomic E-state index is -0.621. The molecule has 0 heterocycles. The van der Waals surface area contributed by atoms with E-state index in [-0.39, 0.29) is 0 Å². The van der Waals surface area contributed by atoms with Crippen LogP contribution in [-0.2, 0) is 0 Å². The first-order valence-electron chi connectivity index (χ1n) is 9.14. The Morgan fingerprint density at radius 3 is 1.47 bits per heavy atom. The molecule has 0 amide bonds. The van der Waals surface area contributed by atoms with Crippen LogP contribution in [0.25, 0.3) is 0 Å². The van der Waals surface area contributed by atoms with Crippen molar-refractivity contribution in [2.24, 2.45) is 0 Å². The second-order valence-corrected chi connectivity index (χ2v) is 11.3. The molecule has 0 saturated heterocycles. The third-order valence-electron chi connectivity index (χ3n) is 5.22. The number of hydrogen-bond acceptors (Lipinski definition) is 0. The lowest BCUT2D eigenvalue weighted by Crippen LogP contribution is -2.24. The summed E-state index contributed by atoms with van der Waals surface area (Å²) in [5.41, 5.74) is 1.17. The number of unbranched alkanes of at least 4 members (excludes halogenated alkanes) is 3. The summed E-state index contributed by atoms with van der Waals surface area (Å²) in [5.74, 6) is 0. The van der Waals surface area contributed by atoms with Crippen molar-refractivity contribution in [2.45, 2.75) is 97.1 Å². The van der Waals surface area contributed by atoms with Gasteiger partial charge in [0.05, 0.1) is 24.1 Å². The van der Waals surface area contributed by atoms with E-state index in [1.54, 1.807) is 31.3 Å². The molecule has 0 nitrogen and oxygen atoms in total. The summed E-state index contributed by atoms with van der Waals surface area (Å²) < 4.78 is 0. The third kappa shape index (κ3) is 5.74. The Balaban J connectivity index is 2.73. The Kier molecular flexibility index (Phi) is 9.38. The predicted octanol–water partition coefficient (Wildman–Crippen LogP) is 6.74. The maximum absolute atomic E-state index is 2.38. The van der Waals surface area contributed by atoms with E-state index >= 15 is 0 Å². The van der Waals surface area contributed by atoms with Gasteiger partial charge in [-0.2, -0.15) is 0 Å². The zero-order valence-electron chi connectivity index (χ0n) is 13.9. The lowest BCUT2D eigenvalue weighted by atomic mass is 10.0. The van der Waals surface area contributed by atoms with Gasteiger partial charge in [-0.3, -0.25) is 0 Å². The van der Waals surface area contributed by atoms with Gasteiger partial charge >= 0.3 is 0 Å². The fourth-order valence-corrected chi connectivity index (χ4v) is 10.00. The zero-order valence-corrected chi connectivity index (χ0v) is 14.8. The maximum atomic E-state index is 2.38. The first-order valence-corrected chi connectivity index (χ1v) is 11.6. The van der Waals surface area contributed by atoms with Crippen LogP contribution in [0.15, 0.2) is 0 Å². The van der Waals surface area contributed by atoms with Crippen molar-refractivity contribution >= 4 is 7.26 Å². The fraction of sp³-hybridized carbons (Fsp3) is 1.00. The minimum absolute atomic E-state index is 0.621. The van der Waals surface area contributed by atoms with Gasteiger partial charge in [0.1, 0.15) is 0 Å². The average molecular weight is 285 g/mol. The highest BCUT2D eigenvalue weighted by molar-refractivity contribution is 7.76. The number of hydrogen-bond donors (Lipinski definition) is 0. The standard InChI is InChI=1S/C18H38P/c1-4-7-15-19(16-8-5-2,17-9-6-3)18-13-11-10-12-14-18/h18H,4-17H2,1-3H3/q+1. The van der Waals surface area contributed by atoms with Crippen LogP contribution in [0.2, 0.25) is 0 Å². The van der Waals surface area contributed by atoms with Crippen LogP contribution in [-0.4, -0.2) is 24.1 Å². The highest BCUT2D eigenvalue weighted by atomic mass is 31.2. The fourth-order valence-electron chi connectivity index (χ4n) is 3.93. The summed E-state index contributed by atoms with van der Waals surface area (Å²) >= 11 is 0. The molecule has 0 aliphatic heterocycles. The molecule has 1 saturated carbocycles. The first kappa shape index (κ1) is 17.5. The summed E-state index contributed by atoms with van der Waals surface area (Å²) in [6.45, 7) is 7.15. The molecule has 0 aromatic carbocycles. The van der Waals surface area contributed by atoms with E-state index < -0.39 is 7.26 Å². The minimum Gasteiger partial charge on any atom is -0.0652 e. The van der Waals surface area contributed by atoms with E-state index in [0.717, 1.165) is 0 Å². The molecule has 114 valence electrons. The molecule has 0 aromatic rings. The van der Waals surface area contributed by atoms with Gasteiger partial charge in [-0.25, -0.2) is 0 Å². The van der Waals surface area contributed by atoms with Crippen molar-refractivity contribution in [1.29, 1.82) is 0 Å². The topological polar surface area (TPSA) is 0 Å². The van der Waals surface area contributed by atoms with Crippen LogP contribution in [0.4, 0.5) is 0 Å². The van der Waals surface area contributed by atoms with E-state index in [4.69, 9.17) is 0 Å². The Bertz CT molecular complexity index is 184. The molecule has 0 spiro atoms. The van der Waals surface area contributed by atoms with Crippen molar-refractivity contribution in [1.82, 2.24) is 0 Å². The normalized spacial score (nSPS) is 17.8. The van der Waals surface area contributed by atoms with Crippen molar-refractivity contribution in [3.63, 3.8) is 0 Å². The molecular weight excluding hydrogens is 247 g/mol. The van der Waals surface area contributed by atoms with E-state index in [1.807, 2.05) is 0 Å². The molecule has 1 aliphatic carbocycles. The second-order valence-electron chi connectivity index (χ2n) is 6.74. The zero-order chi connectivity index (χ0) is 14.0. The van der Waals surface area contributed by atoms with Gasteiger partial charge in [0.15, 0.2) is 0 Å². The number of rotatable bonds is 10. The Morgan fingerprint density at radius 1 is 0.684 bits per heavy atom. The lowest BCUT2D eigenvalue weighted by molar-refractivity contribution is 0.504. The molecule has 0 radical (unpaired) electrons. The second kappa shape index (κ2) is 10.2. The van der Waals surface area contributed by atoms with E-state index in [1.165, 1.54) is 63.4 Å². The monoisotopic (exact) mass is 285 g/mol. The van der Waals surface area contributed by atoms with Gasteiger partial charge in [0.25, 0.3) is 0 Å². The van der Waals surface area contributed by atoms with Gasteiger partial charge in [-0.15, -0.1) is 0 Å². The van der Waals surface area contributed by atoms with Crippen LogP contribution >= 0.6 is 7.26 Å². The Morgan fingerprint density at radius 2 is 1.11 bits per heavy atom. The highest BCUT2D eigenvalue weighted by Crippen LogP contribution is 2.67. The molecule has 19 heavy (non-hydrogen) atoms. The lowest BCUT2D eigenvalue weighted by Gasteiger charge is -2.37. The van der Waals surface area contributed by atoms with Gasteiger partial charge < -0.3 is 0 Å².